The highest BCUT2D eigenvalue weighted by Gasteiger charge is 2.45. The second kappa shape index (κ2) is 8.02. The number of hydrogen-bond acceptors (Lipinski definition) is 5. The third kappa shape index (κ3) is 3.69. The van der Waals surface area contributed by atoms with Crippen LogP contribution in [0.15, 0.2) is 18.2 Å². The van der Waals surface area contributed by atoms with Gasteiger partial charge in [-0.25, -0.2) is 0 Å². The fourth-order valence-corrected chi connectivity index (χ4v) is 4.70. The molecule has 28 heavy (non-hydrogen) atoms. The minimum atomic E-state index is -0.689. The lowest BCUT2D eigenvalue weighted by molar-refractivity contribution is -0.157. The van der Waals surface area contributed by atoms with Gasteiger partial charge in [0.1, 0.15) is 13.2 Å². The summed E-state index contributed by atoms with van der Waals surface area (Å²) in [5, 5.41) is 0. The molecule has 0 radical (unpaired) electrons. The van der Waals surface area contributed by atoms with E-state index in [1.54, 1.807) is 0 Å². The van der Waals surface area contributed by atoms with E-state index < -0.39 is 5.41 Å². The second-order valence-corrected chi connectivity index (χ2v) is 8.31. The Morgan fingerprint density at radius 3 is 2.64 bits per heavy atom. The SMILES string of the molecule is CC1CCCN(C(=O)COC(=O)C2(c3ccc4c(c3)OCCO4)CCCC2)C1. The lowest BCUT2D eigenvalue weighted by Crippen LogP contribution is -2.43. The molecule has 2 fully saturated rings. The number of benzene rings is 1. The smallest absolute Gasteiger partial charge is 0.317 e. The van der Waals surface area contributed by atoms with Crippen LogP contribution in [-0.2, 0) is 19.7 Å². The first kappa shape index (κ1) is 19.1. The number of esters is 1. The molecular formula is C22H29NO5. The molecule has 1 aromatic carbocycles. The summed E-state index contributed by atoms with van der Waals surface area (Å²) < 4.78 is 16.9. The Kier molecular flexibility index (Phi) is 5.47. The first-order valence-corrected chi connectivity index (χ1v) is 10.4. The molecule has 6 heteroatoms. The first-order valence-electron chi connectivity index (χ1n) is 10.4. The van der Waals surface area contributed by atoms with Crippen LogP contribution in [-0.4, -0.2) is 49.7 Å². The minimum absolute atomic E-state index is 0.0878. The van der Waals surface area contributed by atoms with Gasteiger partial charge >= 0.3 is 5.97 Å². The highest BCUT2D eigenvalue weighted by molar-refractivity contribution is 5.87. The van der Waals surface area contributed by atoms with Crippen molar-refractivity contribution in [2.75, 3.05) is 32.9 Å². The van der Waals surface area contributed by atoms with Crippen LogP contribution in [0.2, 0.25) is 0 Å². The van der Waals surface area contributed by atoms with Crippen LogP contribution in [0.5, 0.6) is 11.5 Å². The number of carbonyl (C=O) groups excluding carboxylic acids is 2. The zero-order chi connectivity index (χ0) is 19.6. The first-order chi connectivity index (χ1) is 13.6. The number of rotatable bonds is 4. The molecule has 1 amide bonds. The van der Waals surface area contributed by atoms with E-state index in [-0.39, 0.29) is 18.5 Å². The summed E-state index contributed by atoms with van der Waals surface area (Å²) in [6.07, 6.45) is 5.59. The number of ether oxygens (including phenoxy) is 3. The highest BCUT2D eigenvalue weighted by Crippen LogP contribution is 2.45. The van der Waals surface area contributed by atoms with Crippen LogP contribution >= 0.6 is 0 Å². The molecule has 4 rings (SSSR count). The van der Waals surface area contributed by atoms with Crippen LogP contribution in [0.25, 0.3) is 0 Å². The van der Waals surface area contributed by atoms with Gasteiger partial charge < -0.3 is 19.1 Å². The van der Waals surface area contributed by atoms with E-state index in [2.05, 4.69) is 6.92 Å². The molecule has 0 bridgehead atoms. The number of carbonyl (C=O) groups is 2. The fourth-order valence-electron chi connectivity index (χ4n) is 4.70. The van der Waals surface area contributed by atoms with Gasteiger partial charge in [-0.2, -0.15) is 0 Å². The van der Waals surface area contributed by atoms with Gasteiger partial charge in [-0.1, -0.05) is 25.8 Å². The van der Waals surface area contributed by atoms with Crippen LogP contribution in [0, 0.1) is 5.92 Å². The number of hydrogen-bond donors (Lipinski definition) is 0. The molecule has 0 spiro atoms. The van der Waals surface area contributed by atoms with Gasteiger partial charge in [-0.3, -0.25) is 9.59 Å². The molecule has 1 atom stereocenters. The maximum atomic E-state index is 13.1. The van der Waals surface area contributed by atoms with Crippen molar-refractivity contribution in [3.8, 4) is 11.5 Å². The van der Waals surface area contributed by atoms with E-state index in [4.69, 9.17) is 14.2 Å². The van der Waals surface area contributed by atoms with Gasteiger partial charge in [0.05, 0.1) is 5.41 Å². The molecule has 0 aromatic heterocycles. The molecule has 3 aliphatic rings. The Bertz CT molecular complexity index is 740. The predicted octanol–water partition coefficient (Wildman–Crippen LogP) is 3.07. The summed E-state index contributed by atoms with van der Waals surface area (Å²) in [5.74, 6) is 1.52. The Morgan fingerprint density at radius 1 is 1.14 bits per heavy atom. The average Bonchev–Trinajstić information content (AvgIpc) is 3.22. The zero-order valence-electron chi connectivity index (χ0n) is 16.6. The lowest BCUT2D eigenvalue weighted by Gasteiger charge is -2.32. The van der Waals surface area contributed by atoms with Gasteiger partial charge in [-0.05, 0) is 49.3 Å². The van der Waals surface area contributed by atoms with Crippen molar-refractivity contribution in [2.24, 2.45) is 5.92 Å². The van der Waals surface area contributed by atoms with Crippen LogP contribution in [0.3, 0.4) is 0 Å². The fraction of sp³-hybridized carbons (Fsp3) is 0.636. The molecule has 1 aliphatic carbocycles. The summed E-state index contributed by atoms with van der Waals surface area (Å²) >= 11 is 0. The molecule has 1 saturated heterocycles. The van der Waals surface area contributed by atoms with E-state index in [0.717, 1.165) is 57.2 Å². The number of nitrogens with zero attached hydrogens (tertiary/aromatic N) is 1. The monoisotopic (exact) mass is 387 g/mol. The van der Waals surface area contributed by atoms with Crippen LogP contribution in [0.1, 0.15) is 51.0 Å². The summed E-state index contributed by atoms with van der Waals surface area (Å²) in [4.78, 5) is 27.5. The van der Waals surface area contributed by atoms with Crippen molar-refractivity contribution in [3.63, 3.8) is 0 Å². The van der Waals surface area contributed by atoms with Crippen molar-refractivity contribution < 1.29 is 23.8 Å². The van der Waals surface area contributed by atoms with Crippen molar-refractivity contribution in [3.05, 3.63) is 23.8 Å². The van der Waals surface area contributed by atoms with Crippen molar-refractivity contribution in [1.29, 1.82) is 0 Å². The molecule has 6 nitrogen and oxygen atoms in total. The molecule has 2 heterocycles. The Hall–Kier alpha value is -2.24. The van der Waals surface area contributed by atoms with E-state index in [1.165, 1.54) is 0 Å². The number of likely N-dealkylation sites (tertiary alicyclic amines) is 1. The zero-order valence-corrected chi connectivity index (χ0v) is 16.6. The van der Waals surface area contributed by atoms with Gasteiger partial charge in [0.25, 0.3) is 5.91 Å². The van der Waals surface area contributed by atoms with Gasteiger partial charge in [0.2, 0.25) is 0 Å². The quantitative estimate of drug-likeness (QED) is 0.743. The van der Waals surface area contributed by atoms with Crippen molar-refractivity contribution in [2.45, 2.75) is 50.9 Å². The summed E-state index contributed by atoms with van der Waals surface area (Å²) in [6, 6.07) is 5.72. The molecule has 2 aliphatic heterocycles. The highest BCUT2D eigenvalue weighted by atomic mass is 16.6. The van der Waals surface area contributed by atoms with Crippen LogP contribution in [0.4, 0.5) is 0 Å². The second-order valence-electron chi connectivity index (χ2n) is 8.31. The predicted molar refractivity (Wildman–Crippen MR) is 104 cm³/mol. The summed E-state index contributed by atoms with van der Waals surface area (Å²) in [6.45, 7) is 4.55. The van der Waals surface area contributed by atoms with E-state index in [0.29, 0.717) is 30.6 Å². The molecule has 1 saturated carbocycles. The van der Waals surface area contributed by atoms with Crippen molar-refractivity contribution in [1.82, 2.24) is 4.90 Å². The Morgan fingerprint density at radius 2 is 1.89 bits per heavy atom. The third-order valence-corrected chi connectivity index (χ3v) is 6.28. The maximum Gasteiger partial charge on any atom is 0.317 e. The molecule has 152 valence electrons. The minimum Gasteiger partial charge on any atom is -0.486 e. The normalized spacial score (nSPS) is 23.3. The number of piperidine rings is 1. The molecule has 1 unspecified atom stereocenters. The van der Waals surface area contributed by atoms with Gasteiger partial charge in [0, 0.05) is 13.1 Å². The molecular weight excluding hydrogens is 358 g/mol. The standard InChI is InChI=1S/C22H29NO5/c1-16-5-4-10-23(14-16)20(24)15-28-21(25)22(8-2-3-9-22)17-6-7-18-19(13-17)27-12-11-26-18/h6-7,13,16H,2-5,8-12,14-15H2,1H3. The van der Waals surface area contributed by atoms with E-state index >= 15 is 0 Å². The van der Waals surface area contributed by atoms with Gasteiger partial charge in [-0.15, -0.1) is 0 Å². The van der Waals surface area contributed by atoms with E-state index in [9.17, 15) is 9.59 Å². The van der Waals surface area contributed by atoms with Crippen molar-refractivity contribution >= 4 is 11.9 Å². The summed E-state index contributed by atoms with van der Waals surface area (Å²) in [7, 11) is 0. The van der Waals surface area contributed by atoms with Crippen LogP contribution < -0.4 is 9.47 Å². The molecule has 0 N–H and O–H groups in total. The Balaban J connectivity index is 1.46. The largest absolute Gasteiger partial charge is 0.486 e. The van der Waals surface area contributed by atoms with Gasteiger partial charge in [0.15, 0.2) is 18.1 Å². The Labute approximate surface area is 166 Å². The molecule has 1 aromatic rings. The third-order valence-electron chi connectivity index (χ3n) is 6.28. The number of amides is 1. The lowest BCUT2D eigenvalue weighted by atomic mass is 9.78. The van der Waals surface area contributed by atoms with E-state index in [1.807, 2.05) is 23.1 Å². The topological polar surface area (TPSA) is 65.1 Å². The maximum absolute atomic E-state index is 13.1. The summed E-state index contributed by atoms with van der Waals surface area (Å²) in [5.41, 5.74) is 0.212. The average molecular weight is 387 g/mol. The number of fused-ring (bicyclic) bond motifs is 1.